The zero-order valence-electron chi connectivity index (χ0n) is 9.43. The standard InChI is InChI=1S/C12H15FO3S/c13-11-5-3-10(4-6-11)8-17(14,15)9-12-2-1-7-16-12/h3-6,12H,1-2,7-9H2. The van der Waals surface area contributed by atoms with Gasteiger partial charge in [0.05, 0.1) is 17.6 Å². The molecule has 0 saturated carbocycles. The molecule has 1 heterocycles. The maximum atomic E-state index is 12.7. The third kappa shape index (κ3) is 3.78. The highest BCUT2D eigenvalue weighted by atomic mass is 32.2. The molecule has 1 aliphatic rings. The Labute approximate surface area is 101 Å². The fourth-order valence-electron chi connectivity index (χ4n) is 1.95. The molecule has 0 N–H and O–H groups in total. The molecule has 1 atom stereocenters. The van der Waals surface area contributed by atoms with Crippen LogP contribution in [0.4, 0.5) is 4.39 Å². The Morgan fingerprint density at radius 2 is 2.00 bits per heavy atom. The van der Waals surface area contributed by atoms with E-state index >= 15 is 0 Å². The molecule has 0 amide bonds. The normalized spacial score (nSPS) is 20.6. The Hall–Kier alpha value is -0.940. The van der Waals surface area contributed by atoms with E-state index in [4.69, 9.17) is 4.74 Å². The number of halogens is 1. The minimum atomic E-state index is -3.18. The molecule has 1 aromatic carbocycles. The summed E-state index contributed by atoms with van der Waals surface area (Å²) in [6.07, 6.45) is 1.57. The predicted octanol–water partition coefficient (Wildman–Crippen LogP) is 1.92. The van der Waals surface area contributed by atoms with Gasteiger partial charge in [0.2, 0.25) is 0 Å². The van der Waals surface area contributed by atoms with Crippen molar-refractivity contribution in [3.05, 3.63) is 35.6 Å². The SMILES string of the molecule is O=S(=O)(Cc1ccc(F)cc1)CC1CCCO1. The smallest absolute Gasteiger partial charge is 0.156 e. The van der Waals surface area contributed by atoms with Crippen LogP contribution in [0, 0.1) is 5.82 Å². The van der Waals surface area contributed by atoms with E-state index in [0.29, 0.717) is 12.2 Å². The van der Waals surface area contributed by atoms with Gasteiger partial charge in [0.15, 0.2) is 9.84 Å². The highest BCUT2D eigenvalue weighted by Gasteiger charge is 2.23. The van der Waals surface area contributed by atoms with Crippen molar-refractivity contribution in [3.8, 4) is 0 Å². The van der Waals surface area contributed by atoms with Gasteiger partial charge in [-0.15, -0.1) is 0 Å². The minimum absolute atomic E-state index is 0.0485. The van der Waals surface area contributed by atoms with E-state index in [1.165, 1.54) is 24.3 Å². The highest BCUT2D eigenvalue weighted by Crippen LogP contribution is 2.16. The lowest BCUT2D eigenvalue weighted by Crippen LogP contribution is -2.21. The summed E-state index contributed by atoms with van der Waals surface area (Å²) >= 11 is 0. The molecule has 0 aromatic heterocycles. The Bertz CT molecular complexity index is 461. The zero-order chi connectivity index (χ0) is 12.3. The van der Waals surface area contributed by atoms with Gasteiger partial charge in [0, 0.05) is 6.61 Å². The molecule has 0 radical (unpaired) electrons. The van der Waals surface area contributed by atoms with Crippen LogP contribution in [0.2, 0.25) is 0 Å². The Morgan fingerprint density at radius 3 is 2.59 bits per heavy atom. The van der Waals surface area contributed by atoms with Crippen molar-refractivity contribution in [1.82, 2.24) is 0 Å². The second-order valence-electron chi connectivity index (χ2n) is 4.32. The number of hydrogen-bond donors (Lipinski definition) is 0. The van der Waals surface area contributed by atoms with Crippen molar-refractivity contribution in [2.24, 2.45) is 0 Å². The van der Waals surface area contributed by atoms with E-state index in [2.05, 4.69) is 0 Å². The Kier molecular flexibility index (Phi) is 3.79. The van der Waals surface area contributed by atoms with Gasteiger partial charge in [-0.3, -0.25) is 0 Å². The average molecular weight is 258 g/mol. The third-order valence-electron chi connectivity index (χ3n) is 2.76. The van der Waals surface area contributed by atoms with Gasteiger partial charge in [-0.05, 0) is 30.5 Å². The summed E-state index contributed by atoms with van der Waals surface area (Å²) in [5.74, 6) is -0.345. The zero-order valence-corrected chi connectivity index (χ0v) is 10.2. The van der Waals surface area contributed by atoms with Crippen molar-refractivity contribution in [1.29, 1.82) is 0 Å². The van der Waals surface area contributed by atoms with Gasteiger partial charge in [-0.25, -0.2) is 12.8 Å². The Morgan fingerprint density at radius 1 is 1.29 bits per heavy atom. The number of rotatable bonds is 4. The van der Waals surface area contributed by atoms with Crippen LogP contribution in [0.25, 0.3) is 0 Å². The van der Waals surface area contributed by atoms with Gasteiger partial charge >= 0.3 is 0 Å². The third-order valence-corrected chi connectivity index (χ3v) is 4.42. The first-order valence-corrected chi connectivity index (χ1v) is 7.44. The summed E-state index contributed by atoms with van der Waals surface area (Å²) in [6, 6.07) is 5.55. The molecule has 1 aromatic rings. The van der Waals surface area contributed by atoms with Crippen molar-refractivity contribution in [2.45, 2.75) is 24.7 Å². The predicted molar refractivity (Wildman–Crippen MR) is 62.9 cm³/mol. The summed E-state index contributed by atoms with van der Waals surface area (Å²) in [6.45, 7) is 0.650. The number of sulfone groups is 1. The molecular weight excluding hydrogens is 243 g/mol. The molecule has 0 bridgehead atoms. The number of hydrogen-bond acceptors (Lipinski definition) is 3. The van der Waals surface area contributed by atoms with Crippen molar-refractivity contribution < 1.29 is 17.5 Å². The molecule has 5 heteroatoms. The van der Waals surface area contributed by atoms with Gasteiger partial charge in [-0.2, -0.15) is 0 Å². The maximum Gasteiger partial charge on any atom is 0.156 e. The van der Waals surface area contributed by atoms with Crippen LogP contribution < -0.4 is 0 Å². The molecule has 94 valence electrons. The van der Waals surface area contributed by atoms with Crippen LogP contribution in [0.3, 0.4) is 0 Å². The molecule has 0 aliphatic carbocycles. The molecular formula is C12H15FO3S. The summed E-state index contributed by atoms with van der Waals surface area (Å²) in [4.78, 5) is 0. The van der Waals surface area contributed by atoms with E-state index < -0.39 is 9.84 Å². The van der Waals surface area contributed by atoms with E-state index in [1.807, 2.05) is 0 Å². The van der Waals surface area contributed by atoms with Crippen molar-refractivity contribution in [2.75, 3.05) is 12.4 Å². The van der Waals surface area contributed by atoms with Crippen LogP contribution in [0.1, 0.15) is 18.4 Å². The van der Waals surface area contributed by atoms with Gasteiger partial charge < -0.3 is 4.74 Å². The summed E-state index contributed by atoms with van der Waals surface area (Å²) in [5, 5.41) is 0. The molecule has 1 unspecified atom stereocenters. The molecule has 17 heavy (non-hydrogen) atoms. The van der Waals surface area contributed by atoms with Crippen molar-refractivity contribution in [3.63, 3.8) is 0 Å². The number of benzene rings is 1. The fraction of sp³-hybridized carbons (Fsp3) is 0.500. The second-order valence-corrected chi connectivity index (χ2v) is 6.43. The maximum absolute atomic E-state index is 12.7. The largest absolute Gasteiger partial charge is 0.377 e. The molecule has 2 rings (SSSR count). The molecule has 1 fully saturated rings. The first kappa shape index (κ1) is 12.5. The van der Waals surface area contributed by atoms with Gasteiger partial charge in [0.1, 0.15) is 5.82 Å². The van der Waals surface area contributed by atoms with E-state index in [9.17, 15) is 12.8 Å². The topological polar surface area (TPSA) is 43.4 Å². The first-order valence-electron chi connectivity index (χ1n) is 5.62. The van der Waals surface area contributed by atoms with Crippen LogP contribution in [-0.4, -0.2) is 26.9 Å². The lowest BCUT2D eigenvalue weighted by Gasteiger charge is -2.10. The monoisotopic (exact) mass is 258 g/mol. The van der Waals surface area contributed by atoms with Crippen LogP contribution >= 0.6 is 0 Å². The number of ether oxygens (including phenoxy) is 1. The average Bonchev–Trinajstić information content (AvgIpc) is 2.73. The van der Waals surface area contributed by atoms with Crippen molar-refractivity contribution >= 4 is 9.84 Å². The summed E-state index contributed by atoms with van der Waals surface area (Å²) in [7, 11) is -3.18. The highest BCUT2D eigenvalue weighted by molar-refractivity contribution is 7.90. The molecule has 0 spiro atoms. The van der Waals surface area contributed by atoms with Gasteiger partial charge in [0.25, 0.3) is 0 Å². The second kappa shape index (κ2) is 5.14. The fourth-order valence-corrected chi connectivity index (χ4v) is 3.60. The summed E-state index contributed by atoms with van der Waals surface area (Å²) < 4.78 is 41.7. The molecule has 3 nitrogen and oxygen atoms in total. The lowest BCUT2D eigenvalue weighted by atomic mass is 10.2. The summed E-state index contributed by atoms with van der Waals surface area (Å²) in [5.41, 5.74) is 0.615. The quantitative estimate of drug-likeness (QED) is 0.828. The van der Waals surface area contributed by atoms with Crippen LogP contribution in [-0.2, 0) is 20.3 Å². The lowest BCUT2D eigenvalue weighted by molar-refractivity contribution is 0.127. The molecule has 1 aliphatic heterocycles. The minimum Gasteiger partial charge on any atom is -0.377 e. The Balaban J connectivity index is 1.98. The van der Waals surface area contributed by atoms with Crippen LogP contribution in [0.5, 0.6) is 0 Å². The van der Waals surface area contributed by atoms with E-state index in [1.54, 1.807) is 0 Å². The molecule has 1 saturated heterocycles. The first-order chi connectivity index (χ1) is 8.05. The van der Waals surface area contributed by atoms with E-state index in [-0.39, 0.29) is 23.4 Å². The van der Waals surface area contributed by atoms with Crippen LogP contribution in [0.15, 0.2) is 24.3 Å². The van der Waals surface area contributed by atoms with Gasteiger partial charge in [-0.1, -0.05) is 12.1 Å². The van der Waals surface area contributed by atoms with E-state index in [0.717, 1.165) is 12.8 Å².